The summed E-state index contributed by atoms with van der Waals surface area (Å²) in [5.41, 5.74) is 8.16. The lowest BCUT2D eigenvalue weighted by atomic mass is 9.96. The first-order chi connectivity index (χ1) is 22.7. The highest BCUT2D eigenvalue weighted by Crippen LogP contribution is 2.18. The summed E-state index contributed by atoms with van der Waals surface area (Å²) in [6.45, 7) is 1.45. The minimum Gasteiger partial charge on any atom is -0.368 e. The third kappa shape index (κ3) is 9.64. The number of amides is 4. The summed E-state index contributed by atoms with van der Waals surface area (Å²) in [7, 11) is 0. The van der Waals surface area contributed by atoms with Crippen molar-refractivity contribution in [3.63, 3.8) is 0 Å². The minimum absolute atomic E-state index is 0.148. The van der Waals surface area contributed by atoms with Gasteiger partial charge in [-0.3, -0.25) is 19.2 Å². The largest absolute Gasteiger partial charge is 0.368 e. The number of rotatable bonds is 13. The Labute approximate surface area is 279 Å². The second-order valence-electron chi connectivity index (χ2n) is 12.0. The normalized spacial score (nSPS) is 15.3. The fourth-order valence-corrected chi connectivity index (χ4v) is 5.99. The first-order valence-corrected chi connectivity index (χ1v) is 16.3. The maximum atomic E-state index is 14.0. The Morgan fingerprint density at radius 1 is 0.660 bits per heavy atom. The predicted octanol–water partition coefficient (Wildman–Crippen LogP) is 3.46. The van der Waals surface area contributed by atoms with E-state index in [2.05, 4.69) is 21.3 Å². The van der Waals surface area contributed by atoms with E-state index >= 15 is 0 Å². The van der Waals surface area contributed by atoms with Crippen LogP contribution in [0.2, 0.25) is 5.02 Å². The minimum atomic E-state index is -1.07. The van der Waals surface area contributed by atoms with E-state index in [4.69, 9.17) is 17.3 Å². The lowest BCUT2D eigenvalue weighted by molar-refractivity contribution is -0.134. The number of nitrogens with one attached hydrogen (secondary N) is 4. The van der Waals surface area contributed by atoms with Gasteiger partial charge in [0.25, 0.3) is 0 Å². The molecule has 0 spiro atoms. The molecule has 1 aliphatic heterocycles. The summed E-state index contributed by atoms with van der Waals surface area (Å²) in [6.07, 6.45) is 1.88. The van der Waals surface area contributed by atoms with Gasteiger partial charge in [-0.2, -0.15) is 0 Å². The van der Waals surface area contributed by atoms with Crippen LogP contribution in [0.1, 0.15) is 29.5 Å². The van der Waals surface area contributed by atoms with Crippen LogP contribution in [0.15, 0.2) is 97.1 Å². The number of primary amides is 1. The molecule has 0 radical (unpaired) electrons. The molecule has 244 valence electrons. The van der Waals surface area contributed by atoms with Crippen LogP contribution in [0.4, 0.5) is 0 Å². The van der Waals surface area contributed by atoms with Crippen molar-refractivity contribution in [1.82, 2.24) is 21.3 Å². The van der Waals surface area contributed by atoms with Crippen LogP contribution in [-0.2, 0) is 38.4 Å². The number of benzene rings is 4. The molecule has 1 heterocycles. The van der Waals surface area contributed by atoms with Gasteiger partial charge < -0.3 is 27.0 Å². The zero-order valence-corrected chi connectivity index (χ0v) is 26.8. The molecule has 1 saturated heterocycles. The first kappa shape index (κ1) is 33.6. The zero-order chi connectivity index (χ0) is 33.2. The molecule has 4 aromatic rings. The molecule has 1 aliphatic rings. The average molecular weight is 654 g/mol. The van der Waals surface area contributed by atoms with Gasteiger partial charge in [0, 0.05) is 30.2 Å². The molecule has 5 rings (SSSR count). The van der Waals surface area contributed by atoms with Gasteiger partial charge in [0.2, 0.25) is 23.6 Å². The summed E-state index contributed by atoms with van der Waals surface area (Å²) in [5.74, 6) is -2.17. The van der Waals surface area contributed by atoms with Crippen molar-refractivity contribution < 1.29 is 19.2 Å². The molecule has 6 N–H and O–H groups in total. The maximum Gasteiger partial charge on any atom is 0.243 e. The molecular weight excluding hydrogens is 614 g/mol. The van der Waals surface area contributed by atoms with E-state index in [1.165, 1.54) is 0 Å². The van der Waals surface area contributed by atoms with Gasteiger partial charge in [0.15, 0.2) is 0 Å². The fourth-order valence-electron chi connectivity index (χ4n) is 5.87. The third-order valence-corrected chi connectivity index (χ3v) is 8.78. The Morgan fingerprint density at radius 2 is 1.19 bits per heavy atom. The monoisotopic (exact) mass is 653 g/mol. The molecule has 4 aromatic carbocycles. The Balaban J connectivity index is 1.40. The Hall–Kier alpha value is -4.73. The van der Waals surface area contributed by atoms with Crippen LogP contribution in [-0.4, -0.2) is 54.8 Å². The molecular formula is C37H40ClN5O4. The molecule has 47 heavy (non-hydrogen) atoms. The molecule has 10 heteroatoms. The van der Waals surface area contributed by atoms with Crippen LogP contribution < -0.4 is 27.0 Å². The van der Waals surface area contributed by atoms with Crippen molar-refractivity contribution in [2.75, 3.05) is 13.1 Å². The van der Waals surface area contributed by atoms with E-state index in [0.29, 0.717) is 17.9 Å². The second-order valence-corrected chi connectivity index (χ2v) is 12.5. The first-order valence-electron chi connectivity index (χ1n) is 15.9. The molecule has 0 aromatic heterocycles. The number of fused-ring (bicyclic) bond motifs is 1. The van der Waals surface area contributed by atoms with Crippen molar-refractivity contribution in [3.8, 4) is 0 Å². The van der Waals surface area contributed by atoms with E-state index in [1.54, 1.807) is 24.3 Å². The van der Waals surface area contributed by atoms with E-state index in [-0.39, 0.29) is 31.1 Å². The summed E-state index contributed by atoms with van der Waals surface area (Å²) in [4.78, 5) is 53.7. The zero-order valence-electron chi connectivity index (χ0n) is 26.1. The van der Waals surface area contributed by atoms with Gasteiger partial charge in [-0.05, 0) is 65.5 Å². The van der Waals surface area contributed by atoms with E-state index < -0.39 is 35.8 Å². The van der Waals surface area contributed by atoms with Crippen LogP contribution in [0, 0.1) is 5.92 Å². The standard InChI is InChI=1S/C37H40ClN5O4/c38-30-14-11-25(12-15-30)22-32(42-35(45)28-16-18-40-19-17-28)37(47)43-33(23-26-10-13-27-8-4-5-9-29(27)20-26)36(46)41-31(34(39)44)21-24-6-2-1-3-7-24/h1-15,20,28,31-33,40H,16-19,21-23H2,(H2,39,44)(H,41,46)(H,42,45)(H,43,47). The lowest BCUT2D eigenvalue weighted by Gasteiger charge is -2.27. The molecule has 1 fully saturated rings. The number of carbonyl (C=O) groups excluding carboxylic acids is 4. The van der Waals surface area contributed by atoms with Crippen molar-refractivity contribution >= 4 is 46.0 Å². The molecule has 0 saturated carbocycles. The van der Waals surface area contributed by atoms with Gasteiger partial charge in [-0.15, -0.1) is 0 Å². The van der Waals surface area contributed by atoms with E-state index in [1.807, 2.05) is 72.8 Å². The van der Waals surface area contributed by atoms with Crippen LogP contribution >= 0.6 is 11.6 Å². The van der Waals surface area contributed by atoms with Crippen molar-refractivity contribution in [3.05, 3.63) is 119 Å². The molecule has 3 unspecified atom stereocenters. The number of nitrogens with two attached hydrogens (primary N) is 1. The van der Waals surface area contributed by atoms with Crippen molar-refractivity contribution in [2.45, 2.75) is 50.2 Å². The molecule has 0 bridgehead atoms. The van der Waals surface area contributed by atoms with Crippen LogP contribution in [0.5, 0.6) is 0 Å². The Bertz CT molecular complexity index is 1690. The van der Waals surface area contributed by atoms with Crippen LogP contribution in [0.25, 0.3) is 10.8 Å². The number of hydrogen-bond donors (Lipinski definition) is 5. The Morgan fingerprint density at radius 3 is 1.87 bits per heavy atom. The molecule has 3 atom stereocenters. The maximum absolute atomic E-state index is 14.0. The van der Waals surface area contributed by atoms with E-state index in [0.717, 1.165) is 40.6 Å². The van der Waals surface area contributed by atoms with Crippen molar-refractivity contribution in [1.29, 1.82) is 0 Å². The topological polar surface area (TPSA) is 142 Å². The summed E-state index contributed by atoms with van der Waals surface area (Å²) in [6, 6.07) is 27.0. The smallest absolute Gasteiger partial charge is 0.243 e. The van der Waals surface area contributed by atoms with E-state index in [9.17, 15) is 19.2 Å². The number of piperidine rings is 1. The molecule has 4 amide bonds. The SMILES string of the molecule is NC(=O)C(Cc1ccccc1)NC(=O)C(Cc1ccc2ccccc2c1)NC(=O)C(Cc1ccc(Cl)cc1)NC(=O)C1CCNCC1. The number of hydrogen-bond acceptors (Lipinski definition) is 5. The van der Waals surface area contributed by atoms with Crippen molar-refractivity contribution in [2.24, 2.45) is 11.7 Å². The van der Waals surface area contributed by atoms with Gasteiger partial charge >= 0.3 is 0 Å². The highest BCUT2D eigenvalue weighted by atomic mass is 35.5. The molecule has 0 aliphatic carbocycles. The van der Waals surface area contributed by atoms with Gasteiger partial charge in [-0.25, -0.2) is 0 Å². The molecule has 9 nitrogen and oxygen atoms in total. The number of halogens is 1. The second kappa shape index (κ2) is 16.2. The third-order valence-electron chi connectivity index (χ3n) is 8.53. The fraction of sp³-hybridized carbons (Fsp3) is 0.297. The highest BCUT2D eigenvalue weighted by Gasteiger charge is 2.31. The van der Waals surface area contributed by atoms with Crippen LogP contribution in [0.3, 0.4) is 0 Å². The Kier molecular flexibility index (Phi) is 11.6. The summed E-state index contributed by atoms with van der Waals surface area (Å²) >= 11 is 6.10. The summed E-state index contributed by atoms with van der Waals surface area (Å²) in [5, 5.41) is 14.5. The summed E-state index contributed by atoms with van der Waals surface area (Å²) < 4.78 is 0. The van der Waals surface area contributed by atoms with Gasteiger partial charge in [0.1, 0.15) is 18.1 Å². The highest BCUT2D eigenvalue weighted by molar-refractivity contribution is 6.30. The average Bonchev–Trinajstić information content (AvgIpc) is 3.09. The van der Waals surface area contributed by atoms with Gasteiger partial charge in [-0.1, -0.05) is 96.5 Å². The lowest BCUT2D eigenvalue weighted by Crippen LogP contribution is -2.58. The number of carbonyl (C=O) groups is 4. The van der Waals surface area contributed by atoms with Gasteiger partial charge in [0.05, 0.1) is 0 Å². The predicted molar refractivity (Wildman–Crippen MR) is 184 cm³/mol. The quantitative estimate of drug-likeness (QED) is 0.150.